The van der Waals surface area contributed by atoms with E-state index in [-0.39, 0.29) is 43.2 Å². The first-order valence-electron chi connectivity index (χ1n) is 8.91. The molecule has 2 aromatic rings. The van der Waals surface area contributed by atoms with Crippen LogP contribution in [0.2, 0.25) is 5.02 Å². The first kappa shape index (κ1) is 21.1. The highest BCUT2D eigenvalue weighted by Crippen LogP contribution is 2.50. The summed E-state index contributed by atoms with van der Waals surface area (Å²) in [6.45, 7) is 3.94. The van der Waals surface area contributed by atoms with Gasteiger partial charge in [0.25, 0.3) is 0 Å². The number of aliphatic hydroxyl groups is 1. The Balaban J connectivity index is 2.01. The van der Waals surface area contributed by atoms with Crippen LogP contribution in [0.25, 0.3) is 0 Å². The summed E-state index contributed by atoms with van der Waals surface area (Å²) in [7, 11) is 0. The molecule has 0 radical (unpaired) electrons. The lowest BCUT2D eigenvalue weighted by molar-refractivity contribution is -0.0214. The highest BCUT2D eigenvalue weighted by molar-refractivity contribution is 7.99. The summed E-state index contributed by atoms with van der Waals surface area (Å²) in [6.07, 6.45) is 1.85. The molecular weight excluding hydrogens is 406 g/mol. The molecule has 28 heavy (non-hydrogen) atoms. The fourth-order valence-electron chi connectivity index (χ4n) is 3.28. The summed E-state index contributed by atoms with van der Waals surface area (Å²) in [5.74, 6) is -1.43. The van der Waals surface area contributed by atoms with E-state index in [2.05, 4.69) is 6.58 Å². The minimum Gasteiger partial charge on any atom is -0.490 e. The van der Waals surface area contributed by atoms with Crippen LogP contribution in [0.3, 0.4) is 0 Å². The Kier molecular flexibility index (Phi) is 7.35. The lowest BCUT2D eigenvalue weighted by atomic mass is 9.89. The van der Waals surface area contributed by atoms with Crippen LogP contribution < -0.4 is 4.74 Å². The second kappa shape index (κ2) is 9.74. The smallest absolute Gasteiger partial charge is 0.165 e. The van der Waals surface area contributed by atoms with Gasteiger partial charge in [0.2, 0.25) is 0 Å². The van der Waals surface area contributed by atoms with E-state index in [4.69, 9.17) is 26.2 Å². The molecule has 0 aliphatic carbocycles. The Hall–Kier alpha value is -1.60. The number of hydrogen-bond donors (Lipinski definition) is 1. The minimum atomic E-state index is -0.590. The van der Waals surface area contributed by atoms with E-state index < -0.39 is 16.9 Å². The van der Waals surface area contributed by atoms with Crippen LogP contribution >= 0.6 is 23.4 Å². The molecule has 1 aliphatic heterocycles. The molecule has 7 heteroatoms. The molecule has 0 amide bonds. The van der Waals surface area contributed by atoms with Crippen molar-refractivity contribution in [3.63, 3.8) is 0 Å². The van der Waals surface area contributed by atoms with Crippen LogP contribution in [0.5, 0.6) is 5.75 Å². The number of thioether (sulfide) groups is 1. The van der Waals surface area contributed by atoms with E-state index in [0.29, 0.717) is 11.4 Å². The normalized spacial score (nSPS) is 19.6. The molecule has 1 heterocycles. The minimum absolute atomic E-state index is 0.0535. The van der Waals surface area contributed by atoms with Gasteiger partial charge in [0.15, 0.2) is 11.6 Å². The second-order valence-corrected chi connectivity index (χ2v) is 8.05. The summed E-state index contributed by atoms with van der Waals surface area (Å²) in [4.78, 5) is 0.871. The maximum atomic E-state index is 14.8. The van der Waals surface area contributed by atoms with Gasteiger partial charge in [-0.3, -0.25) is 0 Å². The number of ether oxygens (including phenoxy) is 2. The van der Waals surface area contributed by atoms with Gasteiger partial charge in [0.1, 0.15) is 5.82 Å². The molecule has 150 valence electrons. The lowest BCUT2D eigenvalue weighted by Crippen LogP contribution is -2.37. The van der Waals surface area contributed by atoms with Crippen molar-refractivity contribution in [3.05, 3.63) is 71.3 Å². The maximum Gasteiger partial charge on any atom is 0.165 e. The predicted octanol–water partition coefficient (Wildman–Crippen LogP) is 5.41. The zero-order chi connectivity index (χ0) is 20.1. The van der Waals surface area contributed by atoms with Crippen LogP contribution in [0.15, 0.2) is 53.9 Å². The largest absolute Gasteiger partial charge is 0.490 e. The van der Waals surface area contributed by atoms with Crippen molar-refractivity contribution >= 4 is 23.4 Å². The molecule has 1 aliphatic rings. The first-order valence-corrected chi connectivity index (χ1v) is 10.2. The zero-order valence-corrected chi connectivity index (χ0v) is 16.7. The molecule has 3 rings (SSSR count). The SMILES string of the molecule is C=CCC(OCCO)C1COc2c(F)ccc(F)c2[C@H]1Sc1ccc(Cl)cc1. The van der Waals surface area contributed by atoms with Gasteiger partial charge in [-0.25, -0.2) is 8.78 Å². The van der Waals surface area contributed by atoms with E-state index in [1.54, 1.807) is 18.2 Å². The van der Waals surface area contributed by atoms with Crippen molar-refractivity contribution in [2.75, 3.05) is 19.8 Å². The van der Waals surface area contributed by atoms with Crippen molar-refractivity contribution in [2.45, 2.75) is 22.7 Å². The van der Waals surface area contributed by atoms with Crippen molar-refractivity contribution in [1.82, 2.24) is 0 Å². The Morgan fingerprint density at radius 1 is 1.25 bits per heavy atom. The molecule has 0 bridgehead atoms. The Labute approximate surface area is 172 Å². The molecule has 0 aromatic heterocycles. The van der Waals surface area contributed by atoms with Crippen LogP contribution in [0.1, 0.15) is 17.2 Å². The average Bonchev–Trinajstić information content (AvgIpc) is 2.70. The summed E-state index contributed by atoms with van der Waals surface area (Å²) >= 11 is 7.38. The molecule has 0 saturated carbocycles. The number of aliphatic hydroxyl groups excluding tert-OH is 1. The molecule has 0 fully saturated rings. The summed E-state index contributed by atoms with van der Waals surface area (Å²) in [6, 6.07) is 9.38. The molecule has 0 saturated heterocycles. The van der Waals surface area contributed by atoms with Crippen LogP contribution in [0, 0.1) is 17.6 Å². The van der Waals surface area contributed by atoms with Gasteiger partial charge in [0, 0.05) is 26.6 Å². The number of rotatable bonds is 8. The third kappa shape index (κ3) is 4.69. The van der Waals surface area contributed by atoms with E-state index >= 15 is 0 Å². The van der Waals surface area contributed by atoms with Gasteiger partial charge >= 0.3 is 0 Å². The van der Waals surface area contributed by atoms with Gasteiger partial charge in [-0.1, -0.05) is 17.7 Å². The number of hydrogen-bond acceptors (Lipinski definition) is 4. The molecular formula is C21H21ClF2O3S. The topological polar surface area (TPSA) is 38.7 Å². The monoisotopic (exact) mass is 426 g/mol. The average molecular weight is 427 g/mol. The zero-order valence-electron chi connectivity index (χ0n) is 15.1. The number of benzene rings is 2. The quantitative estimate of drug-likeness (QED) is 0.572. The summed E-state index contributed by atoms with van der Waals surface area (Å²) in [5, 5.41) is 9.30. The van der Waals surface area contributed by atoms with E-state index in [1.807, 2.05) is 12.1 Å². The van der Waals surface area contributed by atoms with Gasteiger partial charge in [-0.05, 0) is 42.8 Å². The van der Waals surface area contributed by atoms with Gasteiger partial charge in [0.05, 0.1) is 25.9 Å². The highest BCUT2D eigenvalue weighted by atomic mass is 35.5. The Morgan fingerprint density at radius 2 is 1.96 bits per heavy atom. The molecule has 3 nitrogen and oxygen atoms in total. The fourth-order valence-corrected chi connectivity index (χ4v) is 4.76. The Bertz CT molecular complexity index is 816. The summed E-state index contributed by atoms with van der Waals surface area (Å²) in [5.41, 5.74) is 0.192. The molecule has 2 unspecified atom stereocenters. The van der Waals surface area contributed by atoms with Crippen molar-refractivity contribution in [2.24, 2.45) is 5.92 Å². The van der Waals surface area contributed by atoms with Gasteiger partial charge in [-0.15, -0.1) is 18.3 Å². The first-order chi connectivity index (χ1) is 13.5. The van der Waals surface area contributed by atoms with Crippen molar-refractivity contribution in [1.29, 1.82) is 0 Å². The third-order valence-corrected chi connectivity index (χ3v) is 6.20. The van der Waals surface area contributed by atoms with Crippen LogP contribution in [-0.2, 0) is 4.74 Å². The van der Waals surface area contributed by atoms with E-state index in [1.165, 1.54) is 11.8 Å². The molecule has 3 atom stereocenters. The predicted molar refractivity (Wildman–Crippen MR) is 107 cm³/mol. The second-order valence-electron chi connectivity index (χ2n) is 6.40. The number of fused-ring (bicyclic) bond motifs is 1. The molecule has 2 aromatic carbocycles. The van der Waals surface area contributed by atoms with E-state index in [0.717, 1.165) is 17.0 Å². The van der Waals surface area contributed by atoms with Crippen LogP contribution in [-0.4, -0.2) is 31.0 Å². The third-order valence-electron chi connectivity index (χ3n) is 4.56. The number of halogens is 3. The lowest BCUT2D eigenvalue weighted by Gasteiger charge is -2.37. The maximum absolute atomic E-state index is 14.8. The van der Waals surface area contributed by atoms with Crippen molar-refractivity contribution in [3.8, 4) is 5.75 Å². The Morgan fingerprint density at radius 3 is 2.64 bits per heavy atom. The van der Waals surface area contributed by atoms with Gasteiger partial charge in [-0.2, -0.15) is 0 Å². The molecule has 0 spiro atoms. The van der Waals surface area contributed by atoms with Crippen molar-refractivity contribution < 1.29 is 23.4 Å². The fraction of sp³-hybridized carbons (Fsp3) is 0.333. The standard InChI is InChI=1S/C21H21ClF2O3S/c1-2-3-18(26-11-10-25)15-12-27-20-17(24)9-8-16(23)19(20)21(15)28-14-6-4-13(22)5-7-14/h2,4-9,15,18,21,25H,1,3,10-12H2/t15?,18?,21-/m0/s1. The highest BCUT2D eigenvalue weighted by Gasteiger charge is 2.40. The van der Waals surface area contributed by atoms with E-state index in [9.17, 15) is 8.78 Å². The molecule has 1 N–H and O–H groups in total. The van der Waals surface area contributed by atoms with Gasteiger partial charge < -0.3 is 14.6 Å². The summed E-state index contributed by atoms with van der Waals surface area (Å²) < 4.78 is 40.5. The van der Waals surface area contributed by atoms with Crippen LogP contribution in [0.4, 0.5) is 8.78 Å².